The first-order valence-corrected chi connectivity index (χ1v) is 7.11. The van der Waals surface area contributed by atoms with E-state index in [1.54, 1.807) is 5.30 Å². The number of fused-ring (bicyclic) bond motifs is 1. The van der Waals surface area contributed by atoms with Crippen molar-refractivity contribution in [2.45, 2.75) is 32.6 Å². The maximum absolute atomic E-state index is 3.47. The Morgan fingerprint density at radius 2 is 2.00 bits per heavy atom. The molecule has 1 atom stereocenters. The van der Waals surface area contributed by atoms with E-state index in [0.29, 0.717) is 0 Å². The minimum atomic E-state index is 0.262. The van der Waals surface area contributed by atoms with E-state index < -0.39 is 0 Å². The molecule has 0 spiro atoms. The van der Waals surface area contributed by atoms with Crippen molar-refractivity contribution in [1.82, 2.24) is 0 Å². The molecule has 1 aromatic carbocycles. The molecule has 1 aliphatic heterocycles. The summed E-state index contributed by atoms with van der Waals surface area (Å²) in [5.74, 6) is 0. The smallest absolute Gasteiger partial charge is 0.0376 e. The Morgan fingerprint density at radius 3 is 2.60 bits per heavy atom. The molecule has 1 N–H and O–H groups in total. The van der Waals surface area contributed by atoms with E-state index in [2.05, 4.69) is 44.9 Å². The number of anilines is 1. The summed E-state index contributed by atoms with van der Waals surface area (Å²) in [5.41, 5.74) is 4.64. The van der Waals surface area contributed by atoms with Gasteiger partial charge in [-0.1, -0.05) is 29.4 Å². The van der Waals surface area contributed by atoms with Crippen LogP contribution in [0.1, 0.15) is 31.9 Å². The van der Waals surface area contributed by atoms with Gasteiger partial charge < -0.3 is 5.32 Å². The fourth-order valence-corrected chi connectivity index (χ4v) is 3.21. The summed E-state index contributed by atoms with van der Waals surface area (Å²) in [5, 5.41) is 5.01. The van der Waals surface area contributed by atoms with Gasteiger partial charge in [-0.2, -0.15) is 0 Å². The highest BCUT2D eigenvalue weighted by molar-refractivity contribution is 7.46. The van der Waals surface area contributed by atoms with Gasteiger partial charge in [-0.05, 0) is 47.1 Å². The second-order valence-corrected chi connectivity index (χ2v) is 6.27. The SMILES string of the molecule is CPc1cc2c(cc1C(C)(C)C)NCC2. The van der Waals surface area contributed by atoms with Crippen LogP contribution < -0.4 is 10.6 Å². The lowest BCUT2D eigenvalue weighted by molar-refractivity contribution is 0.594. The second kappa shape index (κ2) is 3.79. The van der Waals surface area contributed by atoms with Gasteiger partial charge in [-0.25, -0.2) is 0 Å². The highest BCUT2D eigenvalue weighted by Crippen LogP contribution is 2.31. The van der Waals surface area contributed by atoms with Crippen molar-refractivity contribution in [1.29, 1.82) is 0 Å². The van der Waals surface area contributed by atoms with Crippen LogP contribution in [-0.2, 0) is 11.8 Å². The molecule has 0 amide bonds. The van der Waals surface area contributed by atoms with Crippen LogP contribution in [0.15, 0.2) is 12.1 Å². The van der Waals surface area contributed by atoms with Crippen molar-refractivity contribution in [3.05, 3.63) is 23.3 Å². The highest BCUT2D eigenvalue weighted by Gasteiger charge is 2.21. The molecule has 0 aliphatic carbocycles. The normalized spacial score (nSPS) is 15.7. The molecule has 2 heteroatoms. The summed E-state index contributed by atoms with van der Waals surface area (Å²) < 4.78 is 0. The van der Waals surface area contributed by atoms with Crippen molar-refractivity contribution in [2.75, 3.05) is 18.5 Å². The van der Waals surface area contributed by atoms with E-state index in [-0.39, 0.29) is 5.41 Å². The predicted molar refractivity (Wildman–Crippen MR) is 71.2 cm³/mol. The van der Waals surface area contributed by atoms with Gasteiger partial charge in [0.05, 0.1) is 0 Å². The molecule has 1 aliphatic rings. The number of hydrogen-bond acceptors (Lipinski definition) is 1. The molecule has 0 radical (unpaired) electrons. The fourth-order valence-electron chi connectivity index (χ4n) is 2.18. The average Bonchev–Trinajstić information content (AvgIpc) is 2.60. The van der Waals surface area contributed by atoms with E-state index in [9.17, 15) is 0 Å². The topological polar surface area (TPSA) is 12.0 Å². The maximum Gasteiger partial charge on any atom is 0.0376 e. The summed E-state index contributed by atoms with van der Waals surface area (Å²) in [6, 6.07) is 4.78. The highest BCUT2D eigenvalue weighted by atomic mass is 31.1. The van der Waals surface area contributed by atoms with Gasteiger partial charge in [0, 0.05) is 12.2 Å². The van der Waals surface area contributed by atoms with E-state index in [0.717, 1.165) is 15.1 Å². The van der Waals surface area contributed by atoms with Crippen LogP contribution in [0, 0.1) is 0 Å². The summed E-state index contributed by atoms with van der Waals surface area (Å²) in [6.45, 7) is 10.3. The molecule has 0 aromatic heterocycles. The van der Waals surface area contributed by atoms with Crippen LogP contribution in [0.3, 0.4) is 0 Å². The molecule has 1 heterocycles. The number of hydrogen-bond donors (Lipinski definition) is 1. The van der Waals surface area contributed by atoms with Gasteiger partial charge in [-0.3, -0.25) is 0 Å². The Hall–Kier alpha value is -0.550. The van der Waals surface area contributed by atoms with Crippen LogP contribution in [-0.4, -0.2) is 13.2 Å². The Kier molecular flexibility index (Phi) is 2.77. The van der Waals surface area contributed by atoms with Gasteiger partial charge in [0.2, 0.25) is 0 Å². The monoisotopic (exact) mass is 221 g/mol. The summed E-state index contributed by atoms with van der Waals surface area (Å²) in [6.07, 6.45) is 1.19. The fraction of sp³-hybridized carbons (Fsp3) is 0.538. The third-order valence-corrected chi connectivity index (χ3v) is 3.98. The van der Waals surface area contributed by atoms with Crippen molar-refractivity contribution in [3.63, 3.8) is 0 Å². The minimum Gasteiger partial charge on any atom is -0.384 e. The summed E-state index contributed by atoms with van der Waals surface area (Å²) >= 11 is 0. The number of rotatable bonds is 1. The van der Waals surface area contributed by atoms with Crippen LogP contribution in [0.4, 0.5) is 5.69 Å². The zero-order chi connectivity index (χ0) is 11.1. The molecular formula is C13H20NP. The van der Waals surface area contributed by atoms with E-state index in [4.69, 9.17) is 0 Å². The minimum absolute atomic E-state index is 0.262. The Bertz CT molecular complexity index is 377. The number of benzene rings is 1. The van der Waals surface area contributed by atoms with Crippen molar-refractivity contribution in [2.24, 2.45) is 0 Å². The van der Waals surface area contributed by atoms with Crippen LogP contribution in [0.2, 0.25) is 0 Å². The summed E-state index contributed by atoms with van der Waals surface area (Å²) in [7, 11) is 0.898. The zero-order valence-electron chi connectivity index (χ0n) is 10.1. The standard InChI is InChI=1S/C13H20NP/c1-13(2,3)10-8-11-9(5-6-14-11)7-12(10)15-4/h7-8,14-15H,5-6H2,1-4H3. The van der Waals surface area contributed by atoms with Gasteiger partial charge in [0.25, 0.3) is 0 Å². The number of nitrogens with one attached hydrogen (secondary N) is 1. The molecule has 2 rings (SSSR count). The summed E-state index contributed by atoms with van der Waals surface area (Å²) in [4.78, 5) is 0. The van der Waals surface area contributed by atoms with Crippen molar-refractivity contribution >= 4 is 19.6 Å². The molecular weight excluding hydrogens is 201 g/mol. The third kappa shape index (κ3) is 2.03. The molecule has 0 saturated heterocycles. The van der Waals surface area contributed by atoms with E-state index >= 15 is 0 Å². The second-order valence-electron chi connectivity index (χ2n) is 5.23. The average molecular weight is 221 g/mol. The first-order chi connectivity index (χ1) is 7.02. The Balaban J connectivity index is 2.54. The first-order valence-electron chi connectivity index (χ1n) is 5.61. The molecule has 82 valence electrons. The van der Waals surface area contributed by atoms with Crippen LogP contribution >= 0.6 is 8.58 Å². The Morgan fingerprint density at radius 1 is 1.27 bits per heavy atom. The van der Waals surface area contributed by atoms with Gasteiger partial charge >= 0.3 is 0 Å². The third-order valence-electron chi connectivity index (χ3n) is 3.03. The van der Waals surface area contributed by atoms with Crippen molar-refractivity contribution < 1.29 is 0 Å². The lowest BCUT2D eigenvalue weighted by Gasteiger charge is -2.23. The lowest BCUT2D eigenvalue weighted by atomic mass is 9.86. The first kappa shape index (κ1) is 11.0. The quantitative estimate of drug-likeness (QED) is 0.719. The van der Waals surface area contributed by atoms with Gasteiger partial charge in [0.15, 0.2) is 0 Å². The lowest BCUT2D eigenvalue weighted by Crippen LogP contribution is -2.20. The Labute approximate surface area is 94.4 Å². The van der Waals surface area contributed by atoms with Crippen molar-refractivity contribution in [3.8, 4) is 0 Å². The van der Waals surface area contributed by atoms with Gasteiger partial charge in [-0.15, -0.1) is 0 Å². The molecule has 1 aromatic rings. The maximum atomic E-state index is 3.47. The van der Waals surface area contributed by atoms with Crippen LogP contribution in [0.5, 0.6) is 0 Å². The zero-order valence-corrected chi connectivity index (χ0v) is 11.1. The van der Waals surface area contributed by atoms with E-state index in [1.165, 1.54) is 23.2 Å². The predicted octanol–water partition coefficient (Wildman–Crippen LogP) is 2.89. The van der Waals surface area contributed by atoms with E-state index in [1.807, 2.05) is 0 Å². The van der Waals surface area contributed by atoms with Crippen LogP contribution in [0.25, 0.3) is 0 Å². The largest absolute Gasteiger partial charge is 0.384 e. The molecule has 0 saturated carbocycles. The molecule has 15 heavy (non-hydrogen) atoms. The molecule has 1 nitrogen and oxygen atoms in total. The molecule has 1 unspecified atom stereocenters. The van der Waals surface area contributed by atoms with Gasteiger partial charge in [0.1, 0.15) is 0 Å². The molecule has 0 fully saturated rings. The molecule has 0 bridgehead atoms.